The molecular formula is C9H18N2O. The van der Waals surface area contributed by atoms with Gasteiger partial charge in [0.25, 0.3) is 0 Å². The monoisotopic (exact) mass is 170 g/mol. The van der Waals surface area contributed by atoms with Crippen LogP contribution in [0.2, 0.25) is 0 Å². The fourth-order valence-electron chi connectivity index (χ4n) is 2.38. The molecule has 0 aromatic carbocycles. The molecule has 0 atom stereocenters. The number of nitrogens with one attached hydrogen (secondary N) is 1. The smallest absolute Gasteiger partial charge is 0.0739 e. The van der Waals surface area contributed by atoms with Crippen LogP contribution < -0.4 is 11.1 Å². The fourth-order valence-corrected chi connectivity index (χ4v) is 2.38. The molecule has 1 saturated heterocycles. The van der Waals surface area contributed by atoms with Crippen molar-refractivity contribution >= 4 is 0 Å². The van der Waals surface area contributed by atoms with Crippen LogP contribution in [0, 0.1) is 5.41 Å². The van der Waals surface area contributed by atoms with Gasteiger partial charge < -0.3 is 16.2 Å². The zero-order valence-electron chi connectivity index (χ0n) is 7.47. The second-order valence-electron chi connectivity index (χ2n) is 4.27. The van der Waals surface area contributed by atoms with E-state index in [1.54, 1.807) is 0 Å². The Hall–Kier alpha value is -0.120. The molecule has 3 heteroatoms. The molecule has 1 aliphatic heterocycles. The van der Waals surface area contributed by atoms with E-state index >= 15 is 0 Å². The lowest BCUT2D eigenvalue weighted by atomic mass is 9.77. The molecule has 1 aliphatic carbocycles. The van der Waals surface area contributed by atoms with Crippen molar-refractivity contribution in [3.63, 3.8) is 0 Å². The molecular weight excluding hydrogens is 152 g/mol. The number of piperidine rings is 1. The van der Waals surface area contributed by atoms with E-state index in [2.05, 4.69) is 5.32 Å². The van der Waals surface area contributed by atoms with E-state index in [-0.39, 0.29) is 5.41 Å². The summed E-state index contributed by atoms with van der Waals surface area (Å²) in [5, 5.41) is 13.6. The highest BCUT2D eigenvalue weighted by molar-refractivity contribution is 5.10. The summed E-state index contributed by atoms with van der Waals surface area (Å²) in [6.45, 7) is 2.54. The van der Waals surface area contributed by atoms with Crippen molar-refractivity contribution in [3.8, 4) is 0 Å². The molecule has 2 fully saturated rings. The molecule has 0 bridgehead atoms. The SMILES string of the molecule is NCC1(C2(O)CCNCC2)CC1. The van der Waals surface area contributed by atoms with Gasteiger partial charge in [-0.1, -0.05) is 0 Å². The first-order valence-corrected chi connectivity index (χ1v) is 4.86. The molecule has 0 radical (unpaired) electrons. The maximum absolute atomic E-state index is 10.3. The summed E-state index contributed by atoms with van der Waals surface area (Å²) < 4.78 is 0. The topological polar surface area (TPSA) is 58.3 Å². The lowest BCUT2D eigenvalue weighted by molar-refractivity contribution is -0.0535. The first-order valence-electron chi connectivity index (χ1n) is 4.86. The Bertz CT molecular complexity index is 171. The summed E-state index contributed by atoms with van der Waals surface area (Å²) in [7, 11) is 0. The zero-order valence-corrected chi connectivity index (χ0v) is 7.47. The molecule has 3 nitrogen and oxygen atoms in total. The average molecular weight is 170 g/mol. The summed E-state index contributed by atoms with van der Waals surface area (Å²) in [6, 6.07) is 0. The number of rotatable bonds is 2. The molecule has 0 aromatic rings. The minimum Gasteiger partial charge on any atom is -0.389 e. The van der Waals surface area contributed by atoms with E-state index in [0.29, 0.717) is 6.54 Å². The Labute approximate surface area is 73.3 Å². The Morgan fingerprint density at radius 3 is 2.17 bits per heavy atom. The van der Waals surface area contributed by atoms with E-state index in [0.717, 1.165) is 38.8 Å². The van der Waals surface area contributed by atoms with Gasteiger partial charge in [-0.3, -0.25) is 0 Å². The number of nitrogens with two attached hydrogens (primary N) is 1. The third-order valence-electron chi connectivity index (χ3n) is 3.66. The van der Waals surface area contributed by atoms with Crippen molar-refractivity contribution < 1.29 is 5.11 Å². The highest BCUT2D eigenvalue weighted by Gasteiger charge is 2.57. The minimum absolute atomic E-state index is 0.0924. The van der Waals surface area contributed by atoms with Crippen molar-refractivity contribution in [2.45, 2.75) is 31.3 Å². The maximum Gasteiger partial charge on any atom is 0.0739 e. The van der Waals surface area contributed by atoms with E-state index < -0.39 is 5.60 Å². The van der Waals surface area contributed by atoms with Crippen molar-refractivity contribution in [1.82, 2.24) is 5.32 Å². The maximum atomic E-state index is 10.3. The highest BCUT2D eigenvalue weighted by Crippen LogP contribution is 2.56. The second kappa shape index (κ2) is 2.69. The third kappa shape index (κ3) is 1.08. The lowest BCUT2D eigenvalue weighted by Crippen LogP contribution is -2.50. The molecule has 0 spiro atoms. The van der Waals surface area contributed by atoms with Crippen LogP contribution in [0.4, 0.5) is 0 Å². The highest BCUT2D eigenvalue weighted by atomic mass is 16.3. The van der Waals surface area contributed by atoms with Gasteiger partial charge in [0.1, 0.15) is 0 Å². The summed E-state index contributed by atoms with van der Waals surface area (Å²) in [6.07, 6.45) is 4.01. The van der Waals surface area contributed by atoms with Gasteiger partial charge in [-0.05, 0) is 38.8 Å². The van der Waals surface area contributed by atoms with Crippen LogP contribution in [0.25, 0.3) is 0 Å². The fraction of sp³-hybridized carbons (Fsp3) is 1.00. The largest absolute Gasteiger partial charge is 0.389 e. The van der Waals surface area contributed by atoms with E-state index in [1.807, 2.05) is 0 Å². The van der Waals surface area contributed by atoms with Crippen molar-refractivity contribution in [3.05, 3.63) is 0 Å². The van der Waals surface area contributed by atoms with Crippen LogP contribution in [0.5, 0.6) is 0 Å². The molecule has 4 N–H and O–H groups in total. The third-order valence-corrected chi connectivity index (χ3v) is 3.66. The van der Waals surface area contributed by atoms with Gasteiger partial charge in [-0.15, -0.1) is 0 Å². The Morgan fingerprint density at radius 2 is 1.75 bits per heavy atom. The average Bonchev–Trinajstić information content (AvgIpc) is 2.86. The Kier molecular flexibility index (Phi) is 1.90. The first-order chi connectivity index (χ1) is 5.72. The van der Waals surface area contributed by atoms with Gasteiger partial charge >= 0.3 is 0 Å². The predicted molar refractivity (Wildman–Crippen MR) is 47.8 cm³/mol. The molecule has 0 amide bonds. The summed E-state index contributed by atoms with van der Waals surface area (Å²) in [4.78, 5) is 0. The molecule has 70 valence electrons. The van der Waals surface area contributed by atoms with Crippen LogP contribution in [-0.4, -0.2) is 30.3 Å². The second-order valence-corrected chi connectivity index (χ2v) is 4.27. The van der Waals surface area contributed by atoms with Gasteiger partial charge in [0.05, 0.1) is 5.60 Å². The van der Waals surface area contributed by atoms with Crippen LogP contribution in [0.15, 0.2) is 0 Å². The van der Waals surface area contributed by atoms with E-state index in [1.165, 1.54) is 0 Å². The number of hydrogen-bond donors (Lipinski definition) is 3. The van der Waals surface area contributed by atoms with Gasteiger partial charge in [-0.2, -0.15) is 0 Å². The molecule has 12 heavy (non-hydrogen) atoms. The summed E-state index contributed by atoms with van der Waals surface area (Å²) in [5.74, 6) is 0. The van der Waals surface area contributed by atoms with Gasteiger partial charge in [0, 0.05) is 12.0 Å². The number of aliphatic hydroxyl groups is 1. The van der Waals surface area contributed by atoms with E-state index in [4.69, 9.17) is 5.73 Å². The van der Waals surface area contributed by atoms with Gasteiger partial charge in [0.15, 0.2) is 0 Å². The first kappa shape index (κ1) is 8.48. The number of hydrogen-bond acceptors (Lipinski definition) is 3. The summed E-state index contributed by atoms with van der Waals surface area (Å²) >= 11 is 0. The zero-order chi connectivity index (χ0) is 8.66. The van der Waals surface area contributed by atoms with Gasteiger partial charge in [-0.25, -0.2) is 0 Å². The van der Waals surface area contributed by atoms with Crippen LogP contribution in [0.1, 0.15) is 25.7 Å². The van der Waals surface area contributed by atoms with Gasteiger partial charge in [0.2, 0.25) is 0 Å². The molecule has 1 saturated carbocycles. The van der Waals surface area contributed by atoms with Crippen molar-refractivity contribution in [2.24, 2.45) is 11.1 Å². The van der Waals surface area contributed by atoms with Crippen LogP contribution in [-0.2, 0) is 0 Å². The van der Waals surface area contributed by atoms with Crippen molar-refractivity contribution in [2.75, 3.05) is 19.6 Å². The standard InChI is InChI=1S/C9H18N2O/c10-7-8(1-2-8)9(12)3-5-11-6-4-9/h11-12H,1-7,10H2. The molecule has 0 aromatic heterocycles. The molecule has 0 unspecified atom stereocenters. The molecule has 2 rings (SSSR count). The van der Waals surface area contributed by atoms with Crippen LogP contribution >= 0.6 is 0 Å². The summed E-state index contributed by atoms with van der Waals surface area (Å²) in [5.41, 5.74) is 5.35. The van der Waals surface area contributed by atoms with Crippen molar-refractivity contribution in [1.29, 1.82) is 0 Å². The normalized spacial score (nSPS) is 31.5. The van der Waals surface area contributed by atoms with E-state index in [9.17, 15) is 5.11 Å². The lowest BCUT2D eigenvalue weighted by Gasteiger charge is -2.39. The molecule has 2 aliphatic rings. The minimum atomic E-state index is -0.451. The Morgan fingerprint density at radius 1 is 1.17 bits per heavy atom. The molecule has 1 heterocycles. The Balaban J connectivity index is 2.08. The van der Waals surface area contributed by atoms with Crippen LogP contribution in [0.3, 0.4) is 0 Å². The quantitative estimate of drug-likeness (QED) is 0.540. The predicted octanol–water partition coefficient (Wildman–Crippen LogP) is -0.160.